The van der Waals surface area contributed by atoms with E-state index in [2.05, 4.69) is 9.88 Å². The second-order valence-electron chi connectivity index (χ2n) is 9.05. The third-order valence-electron chi connectivity index (χ3n) is 7.19. The average molecular weight is 435 g/mol. The number of aromatic nitrogens is 1. The average Bonchev–Trinajstić information content (AvgIpc) is 3.13. The zero-order chi connectivity index (χ0) is 22.0. The van der Waals surface area contributed by atoms with Crippen LogP contribution < -0.4 is 4.90 Å². The molecule has 2 amide bonds. The molecule has 3 aliphatic rings. The molecule has 0 N–H and O–H groups in total. The van der Waals surface area contributed by atoms with E-state index < -0.39 is 5.41 Å². The predicted molar refractivity (Wildman–Crippen MR) is 121 cm³/mol. The van der Waals surface area contributed by atoms with E-state index in [1.165, 1.54) is 0 Å². The second kappa shape index (κ2) is 8.90. The van der Waals surface area contributed by atoms with Crippen LogP contribution in [0.1, 0.15) is 23.2 Å². The Hall–Kier alpha value is -2.93. The van der Waals surface area contributed by atoms with Gasteiger partial charge >= 0.3 is 0 Å². The number of likely N-dealkylation sites (tertiary alicyclic amines) is 1. The van der Waals surface area contributed by atoms with Gasteiger partial charge in [0.1, 0.15) is 5.82 Å². The van der Waals surface area contributed by atoms with Gasteiger partial charge in [0.2, 0.25) is 5.91 Å². The monoisotopic (exact) mass is 434 g/mol. The molecule has 0 radical (unpaired) electrons. The fourth-order valence-corrected chi connectivity index (χ4v) is 5.53. The summed E-state index contributed by atoms with van der Waals surface area (Å²) in [6.45, 7) is 5.13. The van der Waals surface area contributed by atoms with Crippen LogP contribution in [0.2, 0.25) is 0 Å². The van der Waals surface area contributed by atoms with E-state index in [0.717, 1.165) is 25.2 Å². The van der Waals surface area contributed by atoms with Crippen LogP contribution in [-0.2, 0) is 9.53 Å². The van der Waals surface area contributed by atoms with Crippen LogP contribution in [0.5, 0.6) is 0 Å². The van der Waals surface area contributed by atoms with Crippen LogP contribution in [0.3, 0.4) is 0 Å². The minimum absolute atomic E-state index is 0.0523. The fourth-order valence-electron chi connectivity index (χ4n) is 5.53. The molecule has 2 atom stereocenters. The Labute approximate surface area is 189 Å². The standard InChI is InChI=1S/C25H30N4O3/c30-23(20-7-2-1-3-8-20)28-12-6-10-25(24(31)27-13-15-32-16-14-27)19-29(18-21(25)17-28)22-9-4-5-11-26-22/h1-5,7-9,11,21H,6,10,12-19H2/t21-,25-/m1/s1. The number of hydrogen-bond acceptors (Lipinski definition) is 5. The molecule has 3 fully saturated rings. The number of hydrogen-bond donors (Lipinski definition) is 0. The number of nitrogens with zero attached hydrogens (tertiary/aromatic N) is 4. The third kappa shape index (κ3) is 3.86. The highest BCUT2D eigenvalue weighted by atomic mass is 16.5. The lowest BCUT2D eigenvalue weighted by Crippen LogP contribution is -2.53. The molecule has 7 nitrogen and oxygen atoms in total. The molecule has 32 heavy (non-hydrogen) atoms. The molecule has 5 rings (SSSR count). The van der Waals surface area contributed by atoms with Crippen molar-refractivity contribution in [3.8, 4) is 0 Å². The topological polar surface area (TPSA) is 66.0 Å². The van der Waals surface area contributed by atoms with Crippen molar-refractivity contribution in [1.29, 1.82) is 0 Å². The van der Waals surface area contributed by atoms with Gasteiger partial charge in [-0.1, -0.05) is 24.3 Å². The molecule has 0 saturated carbocycles. The van der Waals surface area contributed by atoms with Crippen molar-refractivity contribution in [2.24, 2.45) is 11.3 Å². The van der Waals surface area contributed by atoms with E-state index >= 15 is 0 Å². The van der Waals surface area contributed by atoms with Crippen LogP contribution >= 0.6 is 0 Å². The molecule has 0 spiro atoms. The third-order valence-corrected chi connectivity index (χ3v) is 7.19. The Morgan fingerprint density at radius 2 is 1.72 bits per heavy atom. The highest BCUT2D eigenvalue weighted by Crippen LogP contribution is 2.45. The minimum atomic E-state index is -0.499. The van der Waals surface area contributed by atoms with Crippen molar-refractivity contribution in [1.82, 2.24) is 14.8 Å². The summed E-state index contributed by atoms with van der Waals surface area (Å²) in [5.74, 6) is 1.24. The van der Waals surface area contributed by atoms with Crippen molar-refractivity contribution in [3.05, 3.63) is 60.3 Å². The number of pyridine rings is 1. The Kier molecular flexibility index (Phi) is 5.83. The van der Waals surface area contributed by atoms with Crippen LogP contribution in [0.15, 0.2) is 54.7 Å². The first-order valence-corrected chi connectivity index (χ1v) is 11.5. The quantitative estimate of drug-likeness (QED) is 0.742. The molecule has 2 aromatic rings. The number of carbonyl (C=O) groups is 2. The van der Waals surface area contributed by atoms with Gasteiger partial charge < -0.3 is 19.4 Å². The molecular formula is C25H30N4O3. The number of fused-ring (bicyclic) bond motifs is 1. The van der Waals surface area contributed by atoms with Crippen molar-refractivity contribution in [2.75, 3.05) is 57.4 Å². The van der Waals surface area contributed by atoms with E-state index in [4.69, 9.17) is 4.74 Å². The lowest BCUT2D eigenvalue weighted by molar-refractivity contribution is -0.148. The van der Waals surface area contributed by atoms with E-state index in [1.54, 1.807) is 6.20 Å². The van der Waals surface area contributed by atoms with Gasteiger partial charge in [0, 0.05) is 56.9 Å². The number of carbonyl (C=O) groups excluding carboxylic acids is 2. The summed E-state index contributed by atoms with van der Waals surface area (Å²) in [6.07, 6.45) is 3.40. The SMILES string of the molecule is O=C(c1ccccc1)N1CCC[C@@]2(C(=O)N3CCOCC3)CN(c3ccccn3)C[C@H]2C1. The maximum absolute atomic E-state index is 14.0. The Balaban J connectivity index is 1.45. The van der Waals surface area contributed by atoms with Crippen molar-refractivity contribution < 1.29 is 14.3 Å². The minimum Gasteiger partial charge on any atom is -0.378 e. The van der Waals surface area contributed by atoms with Gasteiger partial charge in [-0.25, -0.2) is 4.98 Å². The molecule has 1 aromatic heterocycles. The number of amides is 2. The molecule has 3 aliphatic heterocycles. The summed E-state index contributed by atoms with van der Waals surface area (Å²) >= 11 is 0. The molecule has 0 unspecified atom stereocenters. The van der Waals surface area contributed by atoms with Crippen LogP contribution in [0.4, 0.5) is 5.82 Å². The van der Waals surface area contributed by atoms with E-state index in [9.17, 15) is 9.59 Å². The van der Waals surface area contributed by atoms with Gasteiger partial charge in [-0.3, -0.25) is 9.59 Å². The van der Waals surface area contributed by atoms with Gasteiger partial charge in [-0.2, -0.15) is 0 Å². The van der Waals surface area contributed by atoms with Crippen molar-refractivity contribution in [3.63, 3.8) is 0 Å². The van der Waals surface area contributed by atoms with Gasteiger partial charge in [0.05, 0.1) is 18.6 Å². The van der Waals surface area contributed by atoms with Gasteiger partial charge in [-0.05, 0) is 37.1 Å². The first-order valence-electron chi connectivity index (χ1n) is 11.5. The number of ether oxygens (including phenoxy) is 1. The van der Waals surface area contributed by atoms with Crippen LogP contribution in [0.25, 0.3) is 0 Å². The maximum atomic E-state index is 14.0. The maximum Gasteiger partial charge on any atom is 0.253 e. The Morgan fingerprint density at radius 3 is 2.47 bits per heavy atom. The number of rotatable bonds is 3. The highest BCUT2D eigenvalue weighted by Gasteiger charge is 2.55. The molecule has 4 heterocycles. The summed E-state index contributed by atoms with van der Waals surface area (Å²) in [5.41, 5.74) is 0.208. The van der Waals surface area contributed by atoms with Gasteiger partial charge in [0.15, 0.2) is 0 Å². The molecule has 0 bridgehead atoms. The molecule has 3 saturated heterocycles. The molecule has 0 aliphatic carbocycles. The van der Waals surface area contributed by atoms with Crippen molar-refractivity contribution >= 4 is 17.6 Å². The molecule has 7 heteroatoms. The van der Waals surface area contributed by atoms with E-state index in [-0.39, 0.29) is 17.7 Å². The summed E-state index contributed by atoms with van der Waals surface area (Å²) in [5, 5.41) is 0. The summed E-state index contributed by atoms with van der Waals surface area (Å²) in [7, 11) is 0. The number of morpholine rings is 1. The van der Waals surface area contributed by atoms with Crippen LogP contribution in [-0.4, -0.2) is 79.1 Å². The second-order valence-corrected chi connectivity index (χ2v) is 9.05. The zero-order valence-corrected chi connectivity index (χ0v) is 18.4. The lowest BCUT2D eigenvalue weighted by Gasteiger charge is -2.38. The van der Waals surface area contributed by atoms with E-state index in [0.29, 0.717) is 51.5 Å². The smallest absolute Gasteiger partial charge is 0.253 e. The largest absolute Gasteiger partial charge is 0.378 e. The normalized spacial score (nSPS) is 25.9. The fraction of sp³-hybridized carbons (Fsp3) is 0.480. The van der Waals surface area contributed by atoms with Gasteiger partial charge in [-0.15, -0.1) is 0 Å². The summed E-state index contributed by atoms with van der Waals surface area (Å²) < 4.78 is 5.49. The van der Waals surface area contributed by atoms with Crippen LogP contribution in [0, 0.1) is 11.3 Å². The first kappa shape index (κ1) is 20.9. The zero-order valence-electron chi connectivity index (χ0n) is 18.4. The molecule has 168 valence electrons. The molecular weight excluding hydrogens is 404 g/mol. The van der Waals surface area contributed by atoms with Crippen molar-refractivity contribution in [2.45, 2.75) is 12.8 Å². The molecule has 1 aromatic carbocycles. The summed E-state index contributed by atoms with van der Waals surface area (Å²) in [6, 6.07) is 15.4. The Morgan fingerprint density at radius 1 is 0.938 bits per heavy atom. The first-order chi connectivity index (χ1) is 15.7. The predicted octanol–water partition coefficient (Wildman–Crippen LogP) is 2.30. The van der Waals surface area contributed by atoms with E-state index in [1.807, 2.05) is 58.3 Å². The highest BCUT2D eigenvalue weighted by molar-refractivity contribution is 5.94. The summed E-state index contributed by atoms with van der Waals surface area (Å²) in [4.78, 5) is 37.9. The number of anilines is 1. The number of benzene rings is 1. The van der Waals surface area contributed by atoms with Gasteiger partial charge in [0.25, 0.3) is 5.91 Å². The Bertz CT molecular complexity index is 948. The lowest BCUT2D eigenvalue weighted by atomic mass is 9.73.